The Kier molecular flexibility index (Phi) is 3.72. The second-order valence-electron chi connectivity index (χ2n) is 4.62. The number of hydrogen-bond donors (Lipinski definition) is 1. The number of para-hydroxylation sites is 1. The first-order chi connectivity index (χ1) is 10.5. The third-order valence-electron chi connectivity index (χ3n) is 3.23. The van der Waals surface area contributed by atoms with Crippen molar-refractivity contribution in [2.24, 2.45) is 0 Å². The molecule has 6 heteroatoms. The summed E-state index contributed by atoms with van der Waals surface area (Å²) in [5, 5.41) is 10.3. The van der Waals surface area contributed by atoms with Gasteiger partial charge in [0.15, 0.2) is 0 Å². The molecule has 1 N–H and O–H groups in total. The average molecular weight is 336 g/mol. The van der Waals surface area contributed by atoms with Gasteiger partial charge in [-0.05, 0) is 30.3 Å². The fourth-order valence-electron chi connectivity index (χ4n) is 2.23. The first kappa shape index (κ1) is 14.8. The van der Waals surface area contributed by atoms with Gasteiger partial charge in [-0.1, -0.05) is 35.3 Å². The molecule has 110 valence electrons. The van der Waals surface area contributed by atoms with Crippen LogP contribution in [0, 0.1) is 5.82 Å². The number of halogens is 3. The van der Waals surface area contributed by atoms with E-state index < -0.39 is 11.8 Å². The molecule has 0 radical (unpaired) electrons. The van der Waals surface area contributed by atoms with Gasteiger partial charge in [0.1, 0.15) is 11.3 Å². The molecule has 0 aliphatic carbocycles. The summed E-state index contributed by atoms with van der Waals surface area (Å²) in [6.45, 7) is 0. The Morgan fingerprint density at radius 3 is 2.59 bits per heavy atom. The Morgan fingerprint density at radius 2 is 1.91 bits per heavy atom. The fourth-order valence-corrected chi connectivity index (χ4v) is 2.73. The number of aromatic carboxylic acids is 1. The molecular weight excluding hydrogens is 328 g/mol. The molecule has 3 aromatic rings. The number of carbonyl (C=O) groups is 1. The molecule has 0 saturated heterocycles. The van der Waals surface area contributed by atoms with Gasteiger partial charge >= 0.3 is 5.97 Å². The van der Waals surface area contributed by atoms with Crippen LogP contribution in [0.15, 0.2) is 42.5 Å². The van der Waals surface area contributed by atoms with Crippen LogP contribution in [0.3, 0.4) is 0 Å². The molecule has 0 spiro atoms. The van der Waals surface area contributed by atoms with Gasteiger partial charge in [0.2, 0.25) is 0 Å². The summed E-state index contributed by atoms with van der Waals surface area (Å²) in [5.74, 6) is -1.75. The first-order valence-electron chi connectivity index (χ1n) is 6.25. The van der Waals surface area contributed by atoms with Gasteiger partial charge in [-0.3, -0.25) is 0 Å². The maximum absolute atomic E-state index is 14.0. The lowest BCUT2D eigenvalue weighted by Crippen LogP contribution is -2.01. The van der Waals surface area contributed by atoms with Crippen molar-refractivity contribution in [1.82, 2.24) is 4.98 Å². The van der Waals surface area contributed by atoms with Crippen LogP contribution in [0.25, 0.3) is 22.2 Å². The standard InChI is InChI=1S/C16H8Cl2FNO2/c17-8-4-5-10(12(18)6-8)14-7-11(16(21)22)9-2-1-3-13(19)15(9)20-14/h1-7H,(H,21,22). The number of carboxylic acids is 1. The van der Waals surface area contributed by atoms with E-state index in [0.717, 1.165) is 0 Å². The summed E-state index contributed by atoms with van der Waals surface area (Å²) in [6, 6.07) is 10.3. The SMILES string of the molecule is O=C(O)c1cc(-c2ccc(Cl)cc2Cl)nc2c(F)cccc12. The topological polar surface area (TPSA) is 50.2 Å². The fraction of sp³-hybridized carbons (Fsp3) is 0. The van der Waals surface area contributed by atoms with Crippen molar-refractivity contribution in [3.05, 3.63) is 63.9 Å². The zero-order chi connectivity index (χ0) is 15.9. The second kappa shape index (κ2) is 5.55. The summed E-state index contributed by atoms with van der Waals surface area (Å²) in [6.07, 6.45) is 0. The molecule has 1 aromatic heterocycles. The molecule has 0 aliphatic heterocycles. The van der Waals surface area contributed by atoms with Gasteiger partial charge in [-0.15, -0.1) is 0 Å². The van der Waals surface area contributed by atoms with E-state index in [1.165, 1.54) is 30.3 Å². The van der Waals surface area contributed by atoms with Crippen molar-refractivity contribution in [2.45, 2.75) is 0 Å². The zero-order valence-electron chi connectivity index (χ0n) is 11.0. The van der Waals surface area contributed by atoms with Crippen LogP contribution in [-0.2, 0) is 0 Å². The van der Waals surface area contributed by atoms with Crippen LogP contribution in [0.4, 0.5) is 4.39 Å². The minimum absolute atomic E-state index is 0.0107. The van der Waals surface area contributed by atoms with Crippen LogP contribution in [0.2, 0.25) is 10.0 Å². The molecule has 0 fully saturated rings. The maximum Gasteiger partial charge on any atom is 0.336 e. The van der Waals surface area contributed by atoms with Crippen LogP contribution in [0.5, 0.6) is 0 Å². The van der Waals surface area contributed by atoms with Gasteiger partial charge in [0, 0.05) is 16.0 Å². The van der Waals surface area contributed by atoms with Gasteiger partial charge in [0.05, 0.1) is 16.3 Å². The molecule has 22 heavy (non-hydrogen) atoms. The molecular formula is C16H8Cl2FNO2. The number of carboxylic acid groups (broad SMARTS) is 1. The summed E-state index contributed by atoms with van der Waals surface area (Å²) in [4.78, 5) is 15.7. The smallest absolute Gasteiger partial charge is 0.336 e. The largest absolute Gasteiger partial charge is 0.478 e. The number of fused-ring (bicyclic) bond motifs is 1. The van der Waals surface area contributed by atoms with Gasteiger partial charge in [-0.25, -0.2) is 14.2 Å². The highest BCUT2D eigenvalue weighted by molar-refractivity contribution is 6.36. The number of hydrogen-bond acceptors (Lipinski definition) is 2. The molecule has 3 nitrogen and oxygen atoms in total. The van der Waals surface area contributed by atoms with Gasteiger partial charge < -0.3 is 5.11 Å². The molecule has 0 bridgehead atoms. The van der Waals surface area contributed by atoms with Gasteiger partial charge in [0.25, 0.3) is 0 Å². The summed E-state index contributed by atoms with van der Waals surface area (Å²) >= 11 is 12.0. The molecule has 3 rings (SSSR count). The van der Waals surface area contributed by atoms with Crippen LogP contribution >= 0.6 is 23.2 Å². The van der Waals surface area contributed by atoms with E-state index in [1.807, 2.05) is 0 Å². The van der Waals surface area contributed by atoms with E-state index in [2.05, 4.69) is 4.98 Å². The molecule has 0 unspecified atom stereocenters. The highest BCUT2D eigenvalue weighted by Crippen LogP contribution is 2.32. The third-order valence-corrected chi connectivity index (χ3v) is 3.78. The van der Waals surface area contributed by atoms with Crippen molar-refractivity contribution < 1.29 is 14.3 Å². The average Bonchev–Trinajstić information content (AvgIpc) is 2.47. The summed E-state index contributed by atoms with van der Waals surface area (Å²) < 4.78 is 14.0. The Bertz CT molecular complexity index is 912. The van der Waals surface area contributed by atoms with Crippen molar-refractivity contribution in [3.8, 4) is 11.3 Å². The number of nitrogens with zero attached hydrogens (tertiary/aromatic N) is 1. The first-order valence-corrected chi connectivity index (χ1v) is 7.01. The molecule has 2 aromatic carbocycles. The Hall–Kier alpha value is -2.17. The van der Waals surface area contributed by atoms with E-state index in [0.29, 0.717) is 15.6 Å². The van der Waals surface area contributed by atoms with E-state index in [1.54, 1.807) is 12.1 Å². The minimum atomic E-state index is -1.16. The van der Waals surface area contributed by atoms with Crippen molar-refractivity contribution >= 4 is 40.1 Å². The summed E-state index contributed by atoms with van der Waals surface area (Å²) in [5.41, 5.74) is 0.712. The van der Waals surface area contributed by atoms with Crippen LogP contribution < -0.4 is 0 Å². The number of aromatic nitrogens is 1. The third kappa shape index (κ3) is 2.51. The summed E-state index contributed by atoms with van der Waals surface area (Å²) in [7, 11) is 0. The lowest BCUT2D eigenvalue weighted by atomic mass is 10.0. The highest BCUT2D eigenvalue weighted by Gasteiger charge is 2.16. The second-order valence-corrected chi connectivity index (χ2v) is 5.46. The Labute approximate surface area is 134 Å². The highest BCUT2D eigenvalue weighted by atomic mass is 35.5. The van der Waals surface area contributed by atoms with Gasteiger partial charge in [-0.2, -0.15) is 0 Å². The monoisotopic (exact) mass is 335 g/mol. The predicted octanol–water partition coefficient (Wildman–Crippen LogP) is 5.05. The van der Waals surface area contributed by atoms with E-state index in [-0.39, 0.29) is 22.2 Å². The van der Waals surface area contributed by atoms with E-state index in [4.69, 9.17) is 23.2 Å². The quantitative estimate of drug-likeness (QED) is 0.713. The lowest BCUT2D eigenvalue weighted by molar-refractivity contribution is 0.0699. The minimum Gasteiger partial charge on any atom is -0.478 e. The Morgan fingerprint density at radius 1 is 1.14 bits per heavy atom. The van der Waals surface area contributed by atoms with Crippen molar-refractivity contribution in [1.29, 1.82) is 0 Å². The van der Waals surface area contributed by atoms with Crippen LogP contribution in [0.1, 0.15) is 10.4 Å². The number of rotatable bonds is 2. The molecule has 0 amide bonds. The number of pyridine rings is 1. The molecule has 1 heterocycles. The molecule has 0 aliphatic rings. The number of benzene rings is 2. The van der Waals surface area contributed by atoms with E-state index in [9.17, 15) is 14.3 Å². The molecule has 0 atom stereocenters. The van der Waals surface area contributed by atoms with E-state index >= 15 is 0 Å². The predicted molar refractivity (Wildman–Crippen MR) is 84.1 cm³/mol. The Balaban J connectivity index is 2.36. The van der Waals surface area contributed by atoms with Crippen LogP contribution in [-0.4, -0.2) is 16.1 Å². The lowest BCUT2D eigenvalue weighted by Gasteiger charge is -2.09. The molecule has 0 saturated carbocycles. The van der Waals surface area contributed by atoms with Crippen molar-refractivity contribution in [2.75, 3.05) is 0 Å². The zero-order valence-corrected chi connectivity index (χ0v) is 12.5. The maximum atomic E-state index is 14.0. The normalized spacial score (nSPS) is 10.9. The van der Waals surface area contributed by atoms with Crippen molar-refractivity contribution in [3.63, 3.8) is 0 Å².